The Morgan fingerprint density at radius 2 is 2.16 bits per heavy atom. The lowest BCUT2D eigenvalue weighted by molar-refractivity contribution is -0.140. The van der Waals surface area contributed by atoms with E-state index in [9.17, 15) is 9.90 Å². The SMILES string of the molecule is CCC(NC(C)C(O)c1cccc(OC)c1)C(=O)O. The summed E-state index contributed by atoms with van der Waals surface area (Å²) in [5.41, 5.74) is 0.694. The van der Waals surface area contributed by atoms with Gasteiger partial charge in [-0.2, -0.15) is 0 Å². The topological polar surface area (TPSA) is 78.8 Å². The Hall–Kier alpha value is -1.59. The minimum absolute atomic E-state index is 0.367. The Balaban J connectivity index is 2.75. The number of methoxy groups -OCH3 is 1. The number of hydrogen-bond donors (Lipinski definition) is 3. The Morgan fingerprint density at radius 3 is 2.68 bits per heavy atom. The Labute approximate surface area is 113 Å². The smallest absolute Gasteiger partial charge is 0.320 e. The predicted molar refractivity (Wildman–Crippen MR) is 72.3 cm³/mol. The molecule has 0 aliphatic rings. The number of aliphatic hydroxyl groups excluding tert-OH is 1. The number of hydrogen-bond acceptors (Lipinski definition) is 4. The maximum atomic E-state index is 11.0. The fourth-order valence-corrected chi connectivity index (χ4v) is 1.89. The van der Waals surface area contributed by atoms with E-state index in [1.165, 1.54) is 0 Å². The summed E-state index contributed by atoms with van der Waals surface area (Å²) in [6, 6.07) is 6.08. The third-order valence-electron chi connectivity index (χ3n) is 3.08. The highest BCUT2D eigenvalue weighted by atomic mass is 16.5. The van der Waals surface area contributed by atoms with E-state index in [-0.39, 0.29) is 6.04 Å². The lowest BCUT2D eigenvalue weighted by Crippen LogP contribution is -2.44. The first kappa shape index (κ1) is 15.5. The van der Waals surface area contributed by atoms with Gasteiger partial charge in [0.1, 0.15) is 11.8 Å². The third-order valence-corrected chi connectivity index (χ3v) is 3.08. The van der Waals surface area contributed by atoms with Crippen LogP contribution < -0.4 is 10.1 Å². The van der Waals surface area contributed by atoms with Gasteiger partial charge in [-0.05, 0) is 31.0 Å². The lowest BCUT2D eigenvalue weighted by Gasteiger charge is -2.24. The molecule has 0 fully saturated rings. The number of rotatable bonds is 7. The molecule has 3 N–H and O–H groups in total. The second kappa shape index (κ2) is 7.11. The average Bonchev–Trinajstić information content (AvgIpc) is 2.43. The van der Waals surface area contributed by atoms with Crippen LogP contribution in [0.25, 0.3) is 0 Å². The molecule has 0 saturated heterocycles. The highest BCUT2D eigenvalue weighted by Crippen LogP contribution is 2.21. The molecule has 0 spiro atoms. The molecule has 5 heteroatoms. The molecule has 1 aromatic rings. The fraction of sp³-hybridized carbons (Fsp3) is 0.500. The number of carbonyl (C=O) groups is 1. The Bertz CT molecular complexity index is 422. The van der Waals surface area contributed by atoms with Gasteiger partial charge in [0.2, 0.25) is 0 Å². The van der Waals surface area contributed by atoms with Crippen LogP contribution in [-0.4, -0.2) is 35.4 Å². The molecule has 0 saturated carbocycles. The van der Waals surface area contributed by atoms with Crippen molar-refractivity contribution in [2.45, 2.75) is 38.5 Å². The van der Waals surface area contributed by atoms with E-state index >= 15 is 0 Å². The van der Waals surface area contributed by atoms with E-state index in [1.807, 2.05) is 0 Å². The van der Waals surface area contributed by atoms with Crippen LogP contribution in [0.4, 0.5) is 0 Å². The Morgan fingerprint density at radius 1 is 1.47 bits per heavy atom. The number of carboxylic acid groups (broad SMARTS) is 1. The number of nitrogens with one attached hydrogen (secondary N) is 1. The highest BCUT2D eigenvalue weighted by Gasteiger charge is 2.23. The molecular formula is C14H21NO4. The second-order valence-electron chi connectivity index (χ2n) is 4.48. The molecule has 0 bridgehead atoms. The average molecular weight is 267 g/mol. The number of benzene rings is 1. The minimum Gasteiger partial charge on any atom is -0.497 e. The van der Waals surface area contributed by atoms with Gasteiger partial charge in [0, 0.05) is 6.04 Å². The van der Waals surface area contributed by atoms with Gasteiger partial charge in [-0.15, -0.1) is 0 Å². The normalized spacial score (nSPS) is 15.6. The summed E-state index contributed by atoms with van der Waals surface area (Å²) in [6.07, 6.45) is -0.326. The monoisotopic (exact) mass is 267 g/mol. The molecule has 0 amide bonds. The first-order chi connectivity index (χ1) is 8.99. The van der Waals surface area contributed by atoms with Crippen LogP contribution >= 0.6 is 0 Å². The van der Waals surface area contributed by atoms with E-state index in [1.54, 1.807) is 45.2 Å². The quantitative estimate of drug-likeness (QED) is 0.699. The van der Waals surface area contributed by atoms with Gasteiger partial charge in [-0.1, -0.05) is 19.1 Å². The van der Waals surface area contributed by atoms with Crippen LogP contribution in [-0.2, 0) is 4.79 Å². The molecule has 5 nitrogen and oxygen atoms in total. The number of ether oxygens (including phenoxy) is 1. The zero-order chi connectivity index (χ0) is 14.4. The molecule has 0 aromatic heterocycles. The molecule has 0 heterocycles. The highest BCUT2D eigenvalue weighted by molar-refractivity contribution is 5.73. The van der Waals surface area contributed by atoms with Crippen molar-refractivity contribution in [1.29, 1.82) is 0 Å². The third kappa shape index (κ3) is 4.22. The van der Waals surface area contributed by atoms with E-state index in [0.29, 0.717) is 17.7 Å². The zero-order valence-corrected chi connectivity index (χ0v) is 11.5. The van der Waals surface area contributed by atoms with E-state index in [0.717, 1.165) is 0 Å². The fourth-order valence-electron chi connectivity index (χ4n) is 1.89. The van der Waals surface area contributed by atoms with Crippen LogP contribution in [0.2, 0.25) is 0 Å². The lowest BCUT2D eigenvalue weighted by atomic mass is 10.0. The second-order valence-corrected chi connectivity index (χ2v) is 4.48. The summed E-state index contributed by atoms with van der Waals surface area (Å²) in [4.78, 5) is 11.0. The van der Waals surface area contributed by atoms with Crippen molar-refractivity contribution in [1.82, 2.24) is 5.32 Å². The van der Waals surface area contributed by atoms with Crippen molar-refractivity contribution in [3.05, 3.63) is 29.8 Å². The van der Waals surface area contributed by atoms with E-state index < -0.39 is 18.1 Å². The van der Waals surface area contributed by atoms with Crippen LogP contribution in [0, 0.1) is 0 Å². The van der Waals surface area contributed by atoms with Crippen LogP contribution in [0.5, 0.6) is 5.75 Å². The summed E-state index contributed by atoms with van der Waals surface area (Å²) in [5, 5.41) is 22.1. The Kier molecular flexibility index (Phi) is 5.79. The van der Waals surface area contributed by atoms with Crippen molar-refractivity contribution < 1.29 is 19.7 Å². The molecule has 106 valence electrons. The molecule has 3 unspecified atom stereocenters. The molecular weight excluding hydrogens is 246 g/mol. The minimum atomic E-state index is -0.910. The van der Waals surface area contributed by atoms with Gasteiger partial charge < -0.3 is 14.9 Å². The first-order valence-electron chi connectivity index (χ1n) is 6.30. The summed E-state index contributed by atoms with van der Waals surface area (Å²) >= 11 is 0. The van der Waals surface area contributed by atoms with Crippen LogP contribution in [0.15, 0.2) is 24.3 Å². The first-order valence-corrected chi connectivity index (χ1v) is 6.30. The number of aliphatic hydroxyl groups is 1. The number of carboxylic acids is 1. The maximum Gasteiger partial charge on any atom is 0.320 e. The molecule has 0 aliphatic heterocycles. The summed E-state index contributed by atoms with van der Waals surface area (Å²) < 4.78 is 5.10. The van der Waals surface area contributed by atoms with Crippen molar-refractivity contribution in [2.24, 2.45) is 0 Å². The van der Waals surface area contributed by atoms with E-state index in [4.69, 9.17) is 9.84 Å². The molecule has 0 aliphatic carbocycles. The molecule has 0 radical (unpaired) electrons. The summed E-state index contributed by atoms with van der Waals surface area (Å²) in [5.74, 6) is -0.249. The molecule has 19 heavy (non-hydrogen) atoms. The molecule has 3 atom stereocenters. The van der Waals surface area contributed by atoms with Gasteiger partial charge in [0.05, 0.1) is 13.2 Å². The van der Waals surface area contributed by atoms with Gasteiger partial charge in [-0.3, -0.25) is 10.1 Å². The number of aliphatic carboxylic acids is 1. The van der Waals surface area contributed by atoms with Crippen LogP contribution in [0.3, 0.4) is 0 Å². The van der Waals surface area contributed by atoms with Crippen molar-refractivity contribution in [3.8, 4) is 5.75 Å². The summed E-state index contributed by atoms with van der Waals surface area (Å²) in [7, 11) is 1.56. The maximum absolute atomic E-state index is 11.0. The van der Waals surface area contributed by atoms with Gasteiger partial charge in [-0.25, -0.2) is 0 Å². The molecule has 1 rings (SSSR count). The van der Waals surface area contributed by atoms with Crippen molar-refractivity contribution in [3.63, 3.8) is 0 Å². The van der Waals surface area contributed by atoms with Gasteiger partial charge in [0.25, 0.3) is 0 Å². The van der Waals surface area contributed by atoms with Crippen LogP contribution in [0.1, 0.15) is 31.9 Å². The predicted octanol–water partition coefficient (Wildman–Crippen LogP) is 1.57. The van der Waals surface area contributed by atoms with Gasteiger partial charge in [0.15, 0.2) is 0 Å². The van der Waals surface area contributed by atoms with E-state index in [2.05, 4.69) is 5.32 Å². The zero-order valence-electron chi connectivity index (χ0n) is 11.5. The van der Waals surface area contributed by atoms with Crippen molar-refractivity contribution >= 4 is 5.97 Å². The van der Waals surface area contributed by atoms with Crippen molar-refractivity contribution in [2.75, 3.05) is 7.11 Å². The standard InChI is InChI=1S/C14H21NO4/c1-4-12(14(17)18)15-9(2)13(16)10-6-5-7-11(8-10)19-3/h5-9,12-13,15-16H,4H2,1-3H3,(H,17,18). The summed E-state index contributed by atoms with van der Waals surface area (Å²) in [6.45, 7) is 3.55. The molecule has 1 aromatic carbocycles. The largest absolute Gasteiger partial charge is 0.497 e. The van der Waals surface area contributed by atoms with Gasteiger partial charge >= 0.3 is 5.97 Å².